The molecule has 7 heteroatoms. The molecule has 1 saturated heterocycles. The molecule has 3 rings (SSSR count). The molecule has 1 amide bonds. The van der Waals surface area contributed by atoms with Crippen LogP contribution in [-0.4, -0.2) is 53.8 Å². The van der Waals surface area contributed by atoms with E-state index < -0.39 is 12.0 Å². The van der Waals surface area contributed by atoms with Crippen molar-refractivity contribution in [3.63, 3.8) is 0 Å². The molecule has 21 heavy (non-hydrogen) atoms. The maximum Gasteiger partial charge on any atom is 0.354 e. The fourth-order valence-electron chi connectivity index (χ4n) is 2.37. The second kappa shape index (κ2) is 5.69. The highest BCUT2D eigenvalue weighted by molar-refractivity contribution is 5.88. The van der Waals surface area contributed by atoms with Gasteiger partial charge in [0.1, 0.15) is 11.7 Å². The lowest BCUT2D eigenvalue weighted by atomic mass is 10.1. The number of morpholine rings is 1. The van der Waals surface area contributed by atoms with Gasteiger partial charge < -0.3 is 20.1 Å². The van der Waals surface area contributed by atoms with Crippen molar-refractivity contribution in [1.82, 2.24) is 10.3 Å². The Kier molecular flexibility index (Phi) is 3.74. The van der Waals surface area contributed by atoms with Crippen LogP contribution in [0.2, 0.25) is 0 Å². The van der Waals surface area contributed by atoms with Crippen LogP contribution in [0.25, 0.3) is 0 Å². The number of ether oxygens (including phenoxy) is 1. The lowest BCUT2D eigenvalue weighted by Crippen LogP contribution is -2.54. The molecule has 1 aliphatic carbocycles. The van der Waals surface area contributed by atoms with Crippen molar-refractivity contribution in [3.05, 3.63) is 24.0 Å². The second-order valence-electron chi connectivity index (χ2n) is 5.27. The molecule has 2 N–H and O–H groups in total. The minimum absolute atomic E-state index is 0.0275. The van der Waals surface area contributed by atoms with Crippen molar-refractivity contribution >= 4 is 17.6 Å². The van der Waals surface area contributed by atoms with E-state index in [9.17, 15) is 9.59 Å². The Labute approximate surface area is 121 Å². The average Bonchev–Trinajstić information content (AvgIpc) is 3.31. The van der Waals surface area contributed by atoms with Crippen molar-refractivity contribution in [2.45, 2.75) is 24.9 Å². The number of amides is 1. The molecule has 112 valence electrons. The predicted octanol–water partition coefficient (Wildman–Crippen LogP) is 0.264. The minimum Gasteiger partial charge on any atom is -0.477 e. The number of carbonyl (C=O) groups is 2. The van der Waals surface area contributed by atoms with Crippen LogP contribution in [0.15, 0.2) is 18.3 Å². The first-order valence-corrected chi connectivity index (χ1v) is 6.99. The molecule has 0 aromatic carbocycles. The van der Waals surface area contributed by atoms with Gasteiger partial charge in [0.25, 0.3) is 0 Å². The Balaban J connectivity index is 1.81. The number of pyridine rings is 1. The van der Waals surface area contributed by atoms with E-state index in [1.807, 2.05) is 4.90 Å². The highest BCUT2D eigenvalue weighted by atomic mass is 16.5. The summed E-state index contributed by atoms with van der Waals surface area (Å²) in [7, 11) is 0. The number of rotatable bonds is 4. The molecule has 7 nitrogen and oxygen atoms in total. The Morgan fingerprint density at radius 2 is 2.24 bits per heavy atom. The first-order valence-electron chi connectivity index (χ1n) is 6.99. The normalized spacial score (nSPS) is 21.9. The van der Waals surface area contributed by atoms with Gasteiger partial charge in [0.05, 0.1) is 13.2 Å². The number of hydrogen-bond donors (Lipinski definition) is 2. The van der Waals surface area contributed by atoms with Crippen molar-refractivity contribution < 1.29 is 19.4 Å². The van der Waals surface area contributed by atoms with E-state index in [1.54, 1.807) is 6.07 Å². The van der Waals surface area contributed by atoms with Gasteiger partial charge in [0, 0.05) is 24.5 Å². The van der Waals surface area contributed by atoms with Gasteiger partial charge >= 0.3 is 5.97 Å². The molecule has 1 saturated carbocycles. The number of aromatic nitrogens is 1. The van der Waals surface area contributed by atoms with E-state index in [0.29, 0.717) is 25.4 Å². The van der Waals surface area contributed by atoms with Gasteiger partial charge in [-0.05, 0) is 25.0 Å². The van der Waals surface area contributed by atoms with Crippen LogP contribution in [0.5, 0.6) is 0 Å². The van der Waals surface area contributed by atoms with E-state index in [0.717, 1.165) is 12.8 Å². The fraction of sp³-hybridized carbons (Fsp3) is 0.500. The molecule has 0 radical (unpaired) electrons. The summed E-state index contributed by atoms with van der Waals surface area (Å²) < 4.78 is 5.40. The molecule has 0 spiro atoms. The monoisotopic (exact) mass is 291 g/mol. The van der Waals surface area contributed by atoms with Crippen LogP contribution in [0.3, 0.4) is 0 Å². The lowest BCUT2D eigenvalue weighted by Gasteiger charge is -2.36. The van der Waals surface area contributed by atoms with Crippen LogP contribution >= 0.6 is 0 Å². The second-order valence-corrected chi connectivity index (χ2v) is 5.27. The Bertz CT molecular complexity index is 559. The predicted molar refractivity (Wildman–Crippen MR) is 74.3 cm³/mol. The van der Waals surface area contributed by atoms with Crippen LogP contribution in [-0.2, 0) is 9.53 Å². The summed E-state index contributed by atoms with van der Waals surface area (Å²) in [4.78, 5) is 29.0. The van der Waals surface area contributed by atoms with Crippen molar-refractivity contribution in [2.75, 3.05) is 24.7 Å². The van der Waals surface area contributed by atoms with E-state index in [-0.39, 0.29) is 17.6 Å². The number of hydrogen-bond acceptors (Lipinski definition) is 5. The maximum atomic E-state index is 12.3. The quantitative estimate of drug-likeness (QED) is 0.827. The average molecular weight is 291 g/mol. The third kappa shape index (κ3) is 3.13. The third-order valence-corrected chi connectivity index (χ3v) is 3.65. The zero-order valence-electron chi connectivity index (χ0n) is 11.5. The van der Waals surface area contributed by atoms with Gasteiger partial charge in [-0.2, -0.15) is 0 Å². The molecule has 1 aromatic heterocycles. The zero-order valence-corrected chi connectivity index (χ0v) is 11.5. The summed E-state index contributed by atoms with van der Waals surface area (Å²) in [6.07, 6.45) is 3.50. The molecule has 0 bridgehead atoms. The number of nitrogens with one attached hydrogen (secondary N) is 1. The zero-order chi connectivity index (χ0) is 14.8. The van der Waals surface area contributed by atoms with E-state index in [1.165, 1.54) is 12.3 Å². The van der Waals surface area contributed by atoms with Gasteiger partial charge in [-0.1, -0.05) is 0 Å². The molecule has 1 aromatic rings. The summed E-state index contributed by atoms with van der Waals surface area (Å²) in [6, 6.07) is 3.07. The van der Waals surface area contributed by atoms with Crippen LogP contribution in [0, 0.1) is 0 Å². The number of nitrogens with zero attached hydrogens (tertiary/aromatic N) is 2. The Morgan fingerprint density at radius 1 is 1.43 bits per heavy atom. The number of carboxylic acids is 1. The molecular formula is C14H17N3O4. The smallest absolute Gasteiger partial charge is 0.354 e. The van der Waals surface area contributed by atoms with E-state index in [2.05, 4.69) is 10.3 Å². The number of carbonyl (C=O) groups excluding carboxylic acids is 1. The fourth-order valence-corrected chi connectivity index (χ4v) is 2.37. The molecule has 1 unspecified atom stereocenters. The molecule has 1 atom stereocenters. The van der Waals surface area contributed by atoms with E-state index >= 15 is 0 Å². The van der Waals surface area contributed by atoms with Crippen LogP contribution < -0.4 is 10.2 Å². The van der Waals surface area contributed by atoms with Gasteiger partial charge in [-0.25, -0.2) is 9.78 Å². The summed E-state index contributed by atoms with van der Waals surface area (Å²) in [6.45, 7) is 1.37. The Morgan fingerprint density at radius 3 is 2.95 bits per heavy atom. The van der Waals surface area contributed by atoms with Gasteiger partial charge in [0.2, 0.25) is 5.91 Å². The number of anilines is 1. The molecule has 2 heterocycles. The number of carboxylic acid groups (broad SMARTS) is 1. The highest BCUT2D eigenvalue weighted by Crippen LogP contribution is 2.23. The van der Waals surface area contributed by atoms with Gasteiger partial charge in [0.15, 0.2) is 0 Å². The topological polar surface area (TPSA) is 91.8 Å². The third-order valence-electron chi connectivity index (χ3n) is 3.65. The SMILES string of the molecule is O=C(O)c1cc(N2CCOCC2C(=O)NC2CC2)ccn1. The molecule has 2 aliphatic rings. The van der Waals surface area contributed by atoms with Crippen molar-refractivity contribution in [3.8, 4) is 0 Å². The van der Waals surface area contributed by atoms with Crippen LogP contribution in [0.4, 0.5) is 5.69 Å². The summed E-state index contributed by atoms with van der Waals surface area (Å²) in [5.74, 6) is -1.14. The largest absolute Gasteiger partial charge is 0.477 e. The first kappa shape index (κ1) is 13.8. The Hall–Kier alpha value is -2.15. The lowest BCUT2D eigenvalue weighted by molar-refractivity contribution is -0.124. The van der Waals surface area contributed by atoms with Crippen molar-refractivity contribution in [2.24, 2.45) is 0 Å². The van der Waals surface area contributed by atoms with Gasteiger partial charge in [-0.15, -0.1) is 0 Å². The van der Waals surface area contributed by atoms with Crippen molar-refractivity contribution in [1.29, 1.82) is 0 Å². The highest BCUT2D eigenvalue weighted by Gasteiger charge is 2.33. The molecule has 1 aliphatic heterocycles. The molecule has 2 fully saturated rings. The van der Waals surface area contributed by atoms with Crippen LogP contribution in [0.1, 0.15) is 23.3 Å². The minimum atomic E-state index is -1.08. The maximum absolute atomic E-state index is 12.3. The molecular weight excluding hydrogens is 274 g/mol. The first-order chi connectivity index (χ1) is 10.1. The van der Waals surface area contributed by atoms with E-state index in [4.69, 9.17) is 9.84 Å². The summed E-state index contributed by atoms with van der Waals surface area (Å²) in [5, 5.41) is 12.0. The summed E-state index contributed by atoms with van der Waals surface area (Å²) in [5.41, 5.74) is 0.655. The van der Waals surface area contributed by atoms with Gasteiger partial charge in [-0.3, -0.25) is 4.79 Å². The number of aromatic carboxylic acids is 1. The standard InChI is InChI=1S/C14H17N3O4/c18-13(16-9-1-2-9)12-8-21-6-5-17(12)10-3-4-15-11(7-10)14(19)20/h3-4,7,9,12H,1-2,5-6,8H2,(H,16,18)(H,19,20). The summed E-state index contributed by atoms with van der Waals surface area (Å²) >= 11 is 0.